The Morgan fingerprint density at radius 2 is 1.94 bits per heavy atom. The Kier molecular flexibility index (Phi) is 5.22. The van der Waals surface area contributed by atoms with Gasteiger partial charge >= 0.3 is 0 Å². The minimum absolute atomic E-state index is 0.00192. The Hall–Kier alpha value is -4.12. The largest absolute Gasteiger partial charge is 0.508 e. The maximum absolute atomic E-state index is 13.7. The Balaban J connectivity index is 1.74. The van der Waals surface area contributed by atoms with Crippen LogP contribution in [0.4, 0.5) is 5.69 Å². The van der Waals surface area contributed by atoms with Crippen molar-refractivity contribution in [3.63, 3.8) is 0 Å². The summed E-state index contributed by atoms with van der Waals surface area (Å²) in [5.41, 5.74) is -2.00. The molecule has 1 amide bonds. The van der Waals surface area contributed by atoms with E-state index in [2.05, 4.69) is 10.3 Å². The summed E-state index contributed by atoms with van der Waals surface area (Å²) in [6, 6.07) is 1.67. The summed E-state index contributed by atoms with van der Waals surface area (Å²) in [5, 5.41) is 47.0. The maximum atomic E-state index is 13.7. The molecular weight excluding hydrogens is 470 g/mol. The number of benzene rings is 1. The van der Waals surface area contributed by atoms with E-state index in [0.29, 0.717) is 11.3 Å². The van der Waals surface area contributed by atoms with Gasteiger partial charge in [-0.1, -0.05) is 0 Å². The lowest BCUT2D eigenvalue weighted by molar-refractivity contribution is -0.147. The summed E-state index contributed by atoms with van der Waals surface area (Å²) in [6.07, 6.45) is 2.73. The second-order valence-corrected chi connectivity index (χ2v) is 9.50. The number of anilines is 1. The van der Waals surface area contributed by atoms with Gasteiger partial charge in [-0.3, -0.25) is 14.4 Å². The van der Waals surface area contributed by atoms with Crippen LogP contribution in [0.25, 0.3) is 17.2 Å². The van der Waals surface area contributed by atoms with Crippen LogP contribution in [0.15, 0.2) is 39.8 Å². The smallest absolute Gasteiger partial charge is 0.258 e. The number of likely N-dealkylation sites (N-methyl/N-ethyl adjacent to an activating group) is 1. The number of aromatic hydroxyl groups is 1. The standard InChI is InChI=1S/C25H25N3O8/c1-26-23(34)18-15(29)8-11-6-10-7-12-14(28(2)3)9-13(24-27-4-5-36-24)19(30)17(12)20(31)16(10)21(32)25(11,35)22(18)33/h4-5,9-11,30-31,33,35H,6-8H2,1-3H3,(H,26,34)/t10-,11+,25+/m1/s1. The number of fused-ring (bicyclic) bond motifs is 3. The van der Waals surface area contributed by atoms with E-state index in [9.17, 15) is 34.8 Å². The molecule has 1 fully saturated rings. The van der Waals surface area contributed by atoms with Gasteiger partial charge in [0.1, 0.15) is 29.1 Å². The van der Waals surface area contributed by atoms with Gasteiger partial charge in [0, 0.05) is 44.7 Å². The van der Waals surface area contributed by atoms with Crippen molar-refractivity contribution < 1.29 is 39.2 Å². The number of Topliss-reactive ketones (excluding diaryl/α,β-unsaturated/α-hetero) is 2. The number of ketones is 2. The zero-order valence-electron chi connectivity index (χ0n) is 19.8. The fourth-order valence-corrected chi connectivity index (χ4v) is 5.69. The summed E-state index contributed by atoms with van der Waals surface area (Å²) in [7, 11) is 4.83. The molecule has 3 aliphatic carbocycles. The average molecular weight is 495 g/mol. The second-order valence-electron chi connectivity index (χ2n) is 9.50. The fourth-order valence-electron chi connectivity index (χ4n) is 5.69. The van der Waals surface area contributed by atoms with Gasteiger partial charge in [0.15, 0.2) is 11.4 Å². The number of rotatable bonds is 3. The molecule has 1 aromatic heterocycles. The third kappa shape index (κ3) is 3.02. The highest BCUT2D eigenvalue weighted by Crippen LogP contribution is 2.54. The number of nitrogens with zero attached hydrogens (tertiary/aromatic N) is 2. The average Bonchev–Trinajstić information content (AvgIpc) is 3.36. The number of hydrogen-bond donors (Lipinski definition) is 5. The zero-order chi connectivity index (χ0) is 26.1. The Morgan fingerprint density at radius 3 is 2.56 bits per heavy atom. The Labute approximate surface area is 205 Å². The van der Waals surface area contributed by atoms with Gasteiger partial charge in [0.25, 0.3) is 5.91 Å². The highest BCUT2D eigenvalue weighted by molar-refractivity contribution is 6.23. The normalized spacial score (nSPS) is 25.3. The molecule has 3 atom stereocenters. The van der Waals surface area contributed by atoms with Crippen LogP contribution < -0.4 is 10.2 Å². The summed E-state index contributed by atoms with van der Waals surface area (Å²) in [6.45, 7) is 0. The van der Waals surface area contributed by atoms with Crippen LogP contribution in [-0.2, 0) is 20.8 Å². The van der Waals surface area contributed by atoms with Crippen molar-refractivity contribution in [1.82, 2.24) is 10.3 Å². The van der Waals surface area contributed by atoms with Crippen molar-refractivity contribution in [2.75, 3.05) is 26.0 Å². The minimum Gasteiger partial charge on any atom is -0.508 e. The number of nitrogens with one attached hydrogen (secondary N) is 1. The number of aliphatic hydroxyl groups is 3. The molecule has 0 bridgehead atoms. The van der Waals surface area contributed by atoms with Crippen LogP contribution in [0, 0.1) is 11.8 Å². The second kappa shape index (κ2) is 7.95. The molecule has 11 heteroatoms. The molecule has 0 aliphatic heterocycles. The van der Waals surface area contributed by atoms with E-state index in [1.165, 1.54) is 19.5 Å². The van der Waals surface area contributed by atoms with Gasteiger partial charge in [-0.15, -0.1) is 0 Å². The first kappa shape index (κ1) is 23.6. The molecule has 0 spiro atoms. The number of hydrogen-bond acceptors (Lipinski definition) is 10. The molecule has 1 aromatic carbocycles. The molecule has 1 heterocycles. The lowest BCUT2D eigenvalue weighted by atomic mass is 9.59. The van der Waals surface area contributed by atoms with E-state index in [-0.39, 0.29) is 47.6 Å². The molecule has 36 heavy (non-hydrogen) atoms. The number of amides is 1. The highest BCUT2D eigenvalue weighted by Gasteiger charge is 2.60. The molecule has 5 N–H and O–H groups in total. The Bertz CT molecular complexity index is 1390. The molecule has 2 aromatic rings. The van der Waals surface area contributed by atoms with Crippen molar-refractivity contribution in [3.05, 3.63) is 46.6 Å². The first-order valence-electron chi connectivity index (χ1n) is 11.4. The maximum Gasteiger partial charge on any atom is 0.258 e. The van der Waals surface area contributed by atoms with E-state index in [4.69, 9.17) is 4.42 Å². The molecule has 3 aliphatic rings. The van der Waals surface area contributed by atoms with Crippen LogP contribution in [0.2, 0.25) is 0 Å². The summed E-state index contributed by atoms with van der Waals surface area (Å²) < 4.78 is 5.34. The molecule has 5 rings (SSSR count). The predicted molar refractivity (Wildman–Crippen MR) is 126 cm³/mol. The number of carbonyl (C=O) groups is 3. The van der Waals surface area contributed by atoms with Crippen LogP contribution in [0.3, 0.4) is 0 Å². The van der Waals surface area contributed by atoms with Crippen molar-refractivity contribution in [2.24, 2.45) is 11.8 Å². The quantitative estimate of drug-likeness (QED) is 0.392. The van der Waals surface area contributed by atoms with Crippen molar-refractivity contribution in [2.45, 2.75) is 24.9 Å². The summed E-state index contributed by atoms with van der Waals surface area (Å²) in [4.78, 5) is 44.5. The van der Waals surface area contributed by atoms with Gasteiger partial charge in [-0.25, -0.2) is 4.98 Å². The molecular formula is C25H25N3O8. The van der Waals surface area contributed by atoms with Gasteiger partial charge < -0.3 is 35.1 Å². The van der Waals surface area contributed by atoms with Gasteiger partial charge in [-0.05, 0) is 30.4 Å². The van der Waals surface area contributed by atoms with E-state index in [1.54, 1.807) is 25.1 Å². The van der Waals surface area contributed by atoms with E-state index < -0.39 is 52.0 Å². The van der Waals surface area contributed by atoms with E-state index in [0.717, 1.165) is 0 Å². The van der Waals surface area contributed by atoms with Gasteiger partial charge in [0.05, 0.1) is 17.3 Å². The first-order valence-corrected chi connectivity index (χ1v) is 11.4. The third-order valence-corrected chi connectivity index (χ3v) is 7.39. The number of carbonyl (C=O) groups excluding carboxylic acids is 3. The minimum atomic E-state index is -2.56. The number of phenols is 1. The SMILES string of the molecule is CNC(=O)C1=C(O)[C@@]2(O)C(=O)C3=C(O)c4c(O)c(-c5ncco5)cc(N(C)C)c4C[C@H]3C[C@H]2CC1=O. The molecule has 0 unspecified atom stereocenters. The van der Waals surface area contributed by atoms with Gasteiger partial charge in [0.2, 0.25) is 11.7 Å². The van der Waals surface area contributed by atoms with Crippen LogP contribution >= 0.6 is 0 Å². The lowest BCUT2D eigenvalue weighted by Gasteiger charge is -2.46. The fraction of sp³-hybridized carbons (Fsp3) is 0.360. The van der Waals surface area contributed by atoms with Crippen LogP contribution in [-0.4, -0.2) is 69.6 Å². The third-order valence-electron chi connectivity index (χ3n) is 7.39. The van der Waals surface area contributed by atoms with Crippen LogP contribution in [0.1, 0.15) is 24.0 Å². The zero-order valence-corrected chi connectivity index (χ0v) is 19.8. The number of aliphatic hydroxyl groups excluding tert-OH is 2. The molecule has 1 saturated carbocycles. The van der Waals surface area contributed by atoms with Gasteiger partial charge in [-0.2, -0.15) is 0 Å². The van der Waals surface area contributed by atoms with E-state index in [1.807, 2.05) is 0 Å². The molecule has 0 radical (unpaired) electrons. The molecule has 0 saturated heterocycles. The number of oxazole rings is 1. The summed E-state index contributed by atoms with van der Waals surface area (Å²) in [5.74, 6) is -6.00. The van der Waals surface area contributed by atoms with Crippen molar-refractivity contribution in [1.29, 1.82) is 0 Å². The number of aromatic nitrogens is 1. The highest BCUT2D eigenvalue weighted by atomic mass is 16.4. The van der Waals surface area contributed by atoms with Crippen molar-refractivity contribution in [3.8, 4) is 17.2 Å². The van der Waals surface area contributed by atoms with E-state index >= 15 is 0 Å². The topological polar surface area (TPSA) is 173 Å². The van der Waals surface area contributed by atoms with Crippen molar-refractivity contribution >= 4 is 28.9 Å². The molecule has 11 nitrogen and oxygen atoms in total. The summed E-state index contributed by atoms with van der Waals surface area (Å²) >= 11 is 0. The number of phenolic OH excluding ortho intramolecular Hbond substituents is 1. The molecule has 188 valence electrons. The lowest BCUT2D eigenvalue weighted by Crippen LogP contribution is -2.58. The first-order chi connectivity index (χ1) is 17.0. The monoisotopic (exact) mass is 495 g/mol. The predicted octanol–water partition coefficient (Wildman–Crippen LogP) is 1.41. The van der Waals surface area contributed by atoms with Crippen LogP contribution in [0.5, 0.6) is 5.75 Å². The Morgan fingerprint density at radius 1 is 1.22 bits per heavy atom.